The zero-order valence-electron chi connectivity index (χ0n) is 11.2. The Bertz CT molecular complexity index is 458. The Labute approximate surface area is 112 Å². The standard InChI is InChI=1S/C13H20N4O2/c1-15(6-7-16-4-2-3-5-16)12-8-11(14)9-13(10-12)17(18)19/h8-10H,2-7,14H2,1H3. The summed E-state index contributed by atoms with van der Waals surface area (Å²) in [7, 11) is 1.94. The molecule has 0 aliphatic carbocycles. The maximum Gasteiger partial charge on any atom is 0.273 e. The summed E-state index contributed by atoms with van der Waals surface area (Å²) >= 11 is 0. The summed E-state index contributed by atoms with van der Waals surface area (Å²) in [4.78, 5) is 14.8. The fourth-order valence-corrected chi connectivity index (χ4v) is 2.37. The Morgan fingerprint density at radius 2 is 2.05 bits per heavy atom. The van der Waals surface area contributed by atoms with Crippen LogP contribution in [-0.4, -0.2) is 43.0 Å². The zero-order chi connectivity index (χ0) is 13.8. The SMILES string of the molecule is CN(CCN1CCCC1)c1cc(N)cc([N+](=O)[O-])c1. The molecule has 1 fully saturated rings. The van der Waals surface area contributed by atoms with E-state index in [-0.39, 0.29) is 5.69 Å². The molecule has 1 aliphatic rings. The first kappa shape index (κ1) is 13.6. The summed E-state index contributed by atoms with van der Waals surface area (Å²) in [5, 5.41) is 10.8. The van der Waals surface area contributed by atoms with Crippen molar-refractivity contribution in [2.75, 3.05) is 43.9 Å². The lowest BCUT2D eigenvalue weighted by atomic mass is 10.2. The lowest BCUT2D eigenvalue weighted by molar-refractivity contribution is -0.384. The van der Waals surface area contributed by atoms with E-state index in [1.54, 1.807) is 12.1 Å². The Morgan fingerprint density at radius 3 is 2.68 bits per heavy atom. The van der Waals surface area contributed by atoms with Gasteiger partial charge in [-0.15, -0.1) is 0 Å². The molecule has 1 aliphatic heterocycles. The second kappa shape index (κ2) is 5.88. The minimum atomic E-state index is -0.409. The summed E-state index contributed by atoms with van der Waals surface area (Å²) < 4.78 is 0. The monoisotopic (exact) mass is 264 g/mol. The number of nitrogens with zero attached hydrogens (tertiary/aromatic N) is 3. The van der Waals surface area contributed by atoms with Crippen molar-refractivity contribution in [1.82, 2.24) is 4.90 Å². The summed E-state index contributed by atoms with van der Waals surface area (Å²) in [6, 6.07) is 4.73. The molecule has 0 aromatic heterocycles. The maximum atomic E-state index is 10.8. The molecule has 1 aromatic carbocycles. The molecule has 6 heteroatoms. The largest absolute Gasteiger partial charge is 0.398 e. The van der Waals surface area contributed by atoms with Crippen LogP contribution < -0.4 is 10.6 Å². The van der Waals surface area contributed by atoms with E-state index < -0.39 is 4.92 Å². The molecule has 0 unspecified atom stereocenters. The second-order valence-corrected chi connectivity index (χ2v) is 5.01. The van der Waals surface area contributed by atoms with Gasteiger partial charge >= 0.3 is 0 Å². The molecule has 1 heterocycles. The molecular weight excluding hydrogens is 244 g/mol. The van der Waals surface area contributed by atoms with E-state index in [0.717, 1.165) is 31.9 Å². The van der Waals surface area contributed by atoms with E-state index in [2.05, 4.69) is 4.90 Å². The maximum absolute atomic E-state index is 10.8. The summed E-state index contributed by atoms with van der Waals surface area (Å²) in [6.07, 6.45) is 2.54. The highest BCUT2D eigenvalue weighted by Crippen LogP contribution is 2.24. The molecular formula is C13H20N4O2. The van der Waals surface area contributed by atoms with Gasteiger partial charge in [-0.3, -0.25) is 10.1 Å². The van der Waals surface area contributed by atoms with Gasteiger partial charge in [0.05, 0.1) is 4.92 Å². The van der Waals surface area contributed by atoms with Gasteiger partial charge in [-0.2, -0.15) is 0 Å². The number of nitrogen functional groups attached to an aromatic ring is 1. The first-order valence-corrected chi connectivity index (χ1v) is 6.55. The molecule has 0 amide bonds. The molecule has 1 aromatic rings. The van der Waals surface area contributed by atoms with Gasteiger partial charge in [-0.1, -0.05) is 0 Å². The number of likely N-dealkylation sites (tertiary alicyclic amines) is 1. The van der Waals surface area contributed by atoms with Gasteiger partial charge in [0.25, 0.3) is 5.69 Å². The number of hydrogen-bond donors (Lipinski definition) is 1. The third kappa shape index (κ3) is 3.57. The van der Waals surface area contributed by atoms with Crippen molar-refractivity contribution >= 4 is 17.1 Å². The van der Waals surface area contributed by atoms with Crippen LogP contribution in [0.5, 0.6) is 0 Å². The van der Waals surface area contributed by atoms with E-state index in [1.807, 2.05) is 11.9 Å². The van der Waals surface area contributed by atoms with Crippen molar-refractivity contribution in [2.45, 2.75) is 12.8 Å². The zero-order valence-corrected chi connectivity index (χ0v) is 11.2. The third-order valence-corrected chi connectivity index (χ3v) is 3.53. The first-order valence-electron chi connectivity index (χ1n) is 6.55. The average Bonchev–Trinajstić information content (AvgIpc) is 2.88. The minimum absolute atomic E-state index is 0.0445. The minimum Gasteiger partial charge on any atom is -0.398 e. The summed E-state index contributed by atoms with van der Waals surface area (Å²) in [6.45, 7) is 4.15. The van der Waals surface area contributed by atoms with Gasteiger partial charge in [0.2, 0.25) is 0 Å². The van der Waals surface area contributed by atoms with Gasteiger partial charge in [0.15, 0.2) is 0 Å². The van der Waals surface area contributed by atoms with E-state index >= 15 is 0 Å². The molecule has 2 N–H and O–H groups in total. The third-order valence-electron chi connectivity index (χ3n) is 3.53. The molecule has 2 rings (SSSR count). The molecule has 6 nitrogen and oxygen atoms in total. The fourth-order valence-electron chi connectivity index (χ4n) is 2.37. The number of non-ortho nitro benzene ring substituents is 1. The number of nitrogens with two attached hydrogens (primary N) is 1. The number of nitro groups is 1. The van der Waals surface area contributed by atoms with Crippen LogP contribution in [0.15, 0.2) is 18.2 Å². The number of nitro benzene ring substituents is 1. The highest BCUT2D eigenvalue weighted by molar-refractivity contribution is 5.62. The molecule has 1 saturated heterocycles. The number of hydrogen-bond acceptors (Lipinski definition) is 5. The van der Waals surface area contributed by atoms with Crippen molar-refractivity contribution in [3.63, 3.8) is 0 Å². The quantitative estimate of drug-likeness (QED) is 0.498. The molecule has 19 heavy (non-hydrogen) atoms. The summed E-state index contributed by atoms with van der Waals surface area (Å²) in [5.74, 6) is 0. The number of rotatable bonds is 5. The molecule has 0 atom stereocenters. The highest BCUT2D eigenvalue weighted by Gasteiger charge is 2.14. The van der Waals surface area contributed by atoms with Crippen molar-refractivity contribution in [1.29, 1.82) is 0 Å². The smallest absolute Gasteiger partial charge is 0.273 e. The van der Waals surface area contributed by atoms with Crippen LogP contribution in [-0.2, 0) is 0 Å². The summed E-state index contributed by atoms with van der Waals surface area (Å²) in [5.41, 5.74) is 6.98. The van der Waals surface area contributed by atoms with Crippen molar-refractivity contribution in [3.05, 3.63) is 28.3 Å². The average molecular weight is 264 g/mol. The van der Waals surface area contributed by atoms with Crippen molar-refractivity contribution in [2.24, 2.45) is 0 Å². The normalized spacial score (nSPS) is 15.6. The van der Waals surface area contributed by atoms with Gasteiger partial charge in [-0.25, -0.2) is 0 Å². The molecule has 0 spiro atoms. The van der Waals surface area contributed by atoms with E-state index in [9.17, 15) is 10.1 Å². The van der Waals surface area contributed by atoms with Crippen LogP contribution in [0, 0.1) is 10.1 Å². The van der Waals surface area contributed by atoms with E-state index in [1.165, 1.54) is 18.9 Å². The van der Waals surface area contributed by atoms with Crippen LogP contribution in [0.1, 0.15) is 12.8 Å². The lowest BCUT2D eigenvalue weighted by Crippen LogP contribution is -2.31. The van der Waals surface area contributed by atoms with Crippen molar-refractivity contribution in [3.8, 4) is 0 Å². The van der Waals surface area contributed by atoms with E-state index in [0.29, 0.717) is 5.69 Å². The first-order chi connectivity index (χ1) is 9.06. The number of benzene rings is 1. The number of likely N-dealkylation sites (N-methyl/N-ethyl adjacent to an activating group) is 1. The molecule has 0 radical (unpaired) electrons. The highest BCUT2D eigenvalue weighted by atomic mass is 16.6. The Balaban J connectivity index is 2.01. The lowest BCUT2D eigenvalue weighted by Gasteiger charge is -2.23. The topological polar surface area (TPSA) is 75.6 Å². The van der Waals surface area contributed by atoms with Gasteiger partial charge in [0, 0.05) is 43.6 Å². The van der Waals surface area contributed by atoms with Crippen LogP contribution in [0.25, 0.3) is 0 Å². The van der Waals surface area contributed by atoms with Gasteiger partial charge in [0.1, 0.15) is 0 Å². The van der Waals surface area contributed by atoms with Gasteiger partial charge < -0.3 is 15.5 Å². The van der Waals surface area contributed by atoms with Crippen LogP contribution >= 0.6 is 0 Å². The second-order valence-electron chi connectivity index (χ2n) is 5.01. The number of anilines is 2. The van der Waals surface area contributed by atoms with Crippen LogP contribution in [0.3, 0.4) is 0 Å². The Hall–Kier alpha value is -1.82. The Morgan fingerprint density at radius 1 is 1.37 bits per heavy atom. The molecule has 0 bridgehead atoms. The van der Waals surface area contributed by atoms with E-state index in [4.69, 9.17) is 5.73 Å². The molecule has 0 saturated carbocycles. The fraction of sp³-hybridized carbons (Fsp3) is 0.538. The van der Waals surface area contributed by atoms with Gasteiger partial charge in [-0.05, 0) is 32.0 Å². The Kier molecular flexibility index (Phi) is 4.21. The van der Waals surface area contributed by atoms with Crippen molar-refractivity contribution < 1.29 is 4.92 Å². The molecule has 104 valence electrons. The van der Waals surface area contributed by atoms with Crippen LogP contribution in [0.4, 0.5) is 17.1 Å². The predicted molar refractivity (Wildman–Crippen MR) is 76.5 cm³/mol. The predicted octanol–water partition coefficient (Wildman–Crippen LogP) is 1.71. The van der Waals surface area contributed by atoms with Crippen LogP contribution in [0.2, 0.25) is 0 Å².